The molecule has 5 heteroatoms. The normalized spacial score (nSPS) is 17.8. The molecule has 0 spiro atoms. The fourth-order valence-corrected chi connectivity index (χ4v) is 3.81. The lowest BCUT2D eigenvalue weighted by Gasteiger charge is -2.26. The minimum atomic E-state index is -0.358. The molecule has 0 aromatic heterocycles. The van der Waals surface area contributed by atoms with Crippen molar-refractivity contribution in [1.29, 1.82) is 0 Å². The number of amides is 1. The van der Waals surface area contributed by atoms with E-state index in [1.54, 1.807) is 17.0 Å². The molecule has 0 saturated carbocycles. The molecule has 0 radical (unpaired) electrons. The van der Waals surface area contributed by atoms with Crippen LogP contribution in [0.2, 0.25) is 0 Å². The molecule has 1 atom stereocenters. The summed E-state index contributed by atoms with van der Waals surface area (Å²) >= 11 is 1.43. The summed E-state index contributed by atoms with van der Waals surface area (Å²) in [5.74, 6) is 0.508. The van der Waals surface area contributed by atoms with Crippen LogP contribution in [0, 0.1) is 5.82 Å². The molecule has 0 N–H and O–H groups in total. The van der Waals surface area contributed by atoms with Gasteiger partial charge in [-0.1, -0.05) is 36.4 Å². The van der Waals surface area contributed by atoms with Crippen LogP contribution < -0.4 is 4.74 Å². The Morgan fingerprint density at radius 3 is 2.73 bits per heavy atom. The standard InChI is InChI=1S/C17H16FNO2S/c1-21-14-9-5-8-13(18)16(14)17-19(15(20)11-22-17)10-12-6-3-2-4-7-12/h2-9,17H,10-11H2,1H3. The third kappa shape index (κ3) is 2.81. The van der Waals surface area contributed by atoms with Gasteiger partial charge >= 0.3 is 0 Å². The van der Waals surface area contributed by atoms with Crippen molar-refractivity contribution in [3.05, 3.63) is 65.5 Å². The van der Waals surface area contributed by atoms with Crippen LogP contribution in [0.1, 0.15) is 16.5 Å². The van der Waals surface area contributed by atoms with Gasteiger partial charge in [-0.2, -0.15) is 0 Å². The van der Waals surface area contributed by atoms with Gasteiger partial charge in [-0.05, 0) is 17.7 Å². The fraction of sp³-hybridized carbons (Fsp3) is 0.235. The Morgan fingerprint density at radius 2 is 2.00 bits per heavy atom. The van der Waals surface area contributed by atoms with Crippen molar-refractivity contribution in [1.82, 2.24) is 4.90 Å². The van der Waals surface area contributed by atoms with E-state index in [1.807, 2.05) is 30.3 Å². The van der Waals surface area contributed by atoms with Gasteiger partial charge in [0.25, 0.3) is 0 Å². The van der Waals surface area contributed by atoms with Crippen LogP contribution >= 0.6 is 11.8 Å². The number of rotatable bonds is 4. The van der Waals surface area contributed by atoms with Gasteiger partial charge in [0, 0.05) is 6.54 Å². The number of nitrogens with zero attached hydrogens (tertiary/aromatic N) is 1. The molecular formula is C17H16FNO2S. The molecule has 3 nitrogen and oxygen atoms in total. The molecule has 1 heterocycles. The lowest BCUT2D eigenvalue weighted by Crippen LogP contribution is -2.28. The van der Waals surface area contributed by atoms with Crippen molar-refractivity contribution in [2.75, 3.05) is 12.9 Å². The summed E-state index contributed by atoms with van der Waals surface area (Å²) in [5.41, 5.74) is 1.47. The number of hydrogen-bond donors (Lipinski definition) is 0. The van der Waals surface area contributed by atoms with E-state index in [4.69, 9.17) is 4.74 Å². The van der Waals surface area contributed by atoms with Crippen molar-refractivity contribution < 1.29 is 13.9 Å². The van der Waals surface area contributed by atoms with Crippen molar-refractivity contribution >= 4 is 17.7 Å². The van der Waals surface area contributed by atoms with Gasteiger partial charge in [0.15, 0.2) is 0 Å². The van der Waals surface area contributed by atoms with Crippen molar-refractivity contribution in [2.24, 2.45) is 0 Å². The summed E-state index contributed by atoms with van der Waals surface area (Å²) in [5, 5.41) is -0.358. The predicted octanol–water partition coefficient (Wildman–Crippen LogP) is 3.61. The number of hydrogen-bond acceptors (Lipinski definition) is 3. The van der Waals surface area contributed by atoms with E-state index < -0.39 is 0 Å². The highest BCUT2D eigenvalue weighted by atomic mass is 32.2. The molecule has 2 aromatic carbocycles. The summed E-state index contributed by atoms with van der Waals surface area (Å²) in [6, 6.07) is 14.5. The molecule has 1 aliphatic rings. The first kappa shape index (κ1) is 14.9. The van der Waals surface area contributed by atoms with Crippen LogP contribution in [0.15, 0.2) is 48.5 Å². The van der Waals surface area contributed by atoms with Gasteiger partial charge in [-0.25, -0.2) is 4.39 Å². The number of carbonyl (C=O) groups excluding carboxylic acids is 1. The molecule has 3 rings (SSSR count). The Morgan fingerprint density at radius 1 is 1.23 bits per heavy atom. The second-order valence-corrected chi connectivity index (χ2v) is 6.09. The summed E-state index contributed by atoms with van der Waals surface area (Å²) in [7, 11) is 1.52. The number of methoxy groups -OCH3 is 1. The highest BCUT2D eigenvalue weighted by Gasteiger charge is 2.36. The smallest absolute Gasteiger partial charge is 0.234 e. The molecule has 1 unspecified atom stereocenters. The summed E-state index contributed by atoms with van der Waals surface area (Å²) in [6.07, 6.45) is 0. The molecule has 0 bridgehead atoms. The molecule has 1 aliphatic heterocycles. The number of halogens is 1. The van der Waals surface area contributed by atoms with E-state index in [0.29, 0.717) is 23.6 Å². The fourth-order valence-electron chi connectivity index (χ4n) is 2.58. The SMILES string of the molecule is COc1cccc(F)c1C1SCC(=O)N1Cc1ccccc1. The number of thioether (sulfide) groups is 1. The van der Waals surface area contributed by atoms with Crippen LogP contribution in [-0.2, 0) is 11.3 Å². The van der Waals surface area contributed by atoms with Gasteiger partial charge in [-0.3, -0.25) is 4.79 Å². The van der Waals surface area contributed by atoms with Gasteiger partial charge in [0.05, 0.1) is 18.4 Å². The van der Waals surface area contributed by atoms with Gasteiger partial charge < -0.3 is 9.64 Å². The topological polar surface area (TPSA) is 29.5 Å². The monoisotopic (exact) mass is 317 g/mol. The van der Waals surface area contributed by atoms with E-state index in [2.05, 4.69) is 0 Å². The Balaban J connectivity index is 1.94. The summed E-state index contributed by atoms with van der Waals surface area (Å²) < 4.78 is 19.6. The van der Waals surface area contributed by atoms with E-state index >= 15 is 0 Å². The third-order valence-electron chi connectivity index (χ3n) is 3.64. The first-order valence-electron chi connectivity index (χ1n) is 6.98. The Bertz CT molecular complexity index is 678. The maximum Gasteiger partial charge on any atom is 0.234 e. The Labute approximate surface area is 133 Å². The highest BCUT2D eigenvalue weighted by Crippen LogP contribution is 2.44. The lowest BCUT2D eigenvalue weighted by atomic mass is 10.1. The van der Waals surface area contributed by atoms with Crippen molar-refractivity contribution in [3.8, 4) is 5.75 Å². The molecule has 2 aromatic rings. The highest BCUT2D eigenvalue weighted by molar-refractivity contribution is 8.00. The van der Waals surface area contributed by atoms with Gasteiger partial charge in [0.1, 0.15) is 16.9 Å². The average Bonchev–Trinajstić information content (AvgIpc) is 2.89. The zero-order valence-electron chi connectivity index (χ0n) is 12.2. The van der Waals surface area contributed by atoms with E-state index in [1.165, 1.54) is 24.9 Å². The molecule has 114 valence electrons. The molecule has 1 amide bonds. The Kier molecular flexibility index (Phi) is 4.34. The summed E-state index contributed by atoms with van der Waals surface area (Å²) in [4.78, 5) is 13.9. The molecule has 1 fully saturated rings. The zero-order valence-corrected chi connectivity index (χ0v) is 13.0. The van der Waals surface area contributed by atoms with Crippen molar-refractivity contribution in [3.63, 3.8) is 0 Å². The lowest BCUT2D eigenvalue weighted by molar-refractivity contribution is -0.128. The van der Waals surface area contributed by atoms with Crippen LogP contribution in [0.25, 0.3) is 0 Å². The van der Waals surface area contributed by atoms with Crippen molar-refractivity contribution in [2.45, 2.75) is 11.9 Å². The van der Waals surface area contributed by atoms with Crippen LogP contribution in [0.3, 0.4) is 0 Å². The van der Waals surface area contributed by atoms with Crippen LogP contribution in [0.4, 0.5) is 4.39 Å². The minimum Gasteiger partial charge on any atom is -0.496 e. The Hall–Kier alpha value is -2.01. The number of carbonyl (C=O) groups is 1. The average molecular weight is 317 g/mol. The maximum atomic E-state index is 14.3. The van der Waals surface area contributed by atoms with E-state index in [9.17, 15) is 9.18 Å². The van der Waals surface area contributed by atoms with Gasteiger partial charge in [-0.15, -0.1) is 11.8 Å². The second kappa shape index (κ2) is 6.40. The van der Waals surface area contributed by atoms with Gasteiger partial charge in [0.2, 0.25) is 5.91 Å². The molecule has 22 heavy (non-hydrogen) atoms. The molecule has 0 aliphatic carbocycles. The minimum absolute atomic E-state index is 0.0177. The predicted molar refractivity (Wildman–Crippen MR) is 85.1 cm³/mol. The molecular weight excluding hydrogens is 301 g/mol. The third-order valence-corrected chi connectivity index (χ3v) is 4.86. The largest absolute Gasteiger partial charge is 0.496 e. The van der Waals surface area contributed by atoms with E-state index in [0.717, 1.165) is 5.56 Å². The first-order valence-corrected chi connectivity index (χ1v) is 8.03. The van der Waals surface area contributed by atoms with E-state index in [-0.39, 0.29) is 17.1 Å². The summed E-state index contributed by atoms with van der Waals surface area (Å²) in [6.45, 7) is 0.467. The van der Waals surface area contributed by atoms with Crippen LogP contribution in [0.5, 0.6) is 5.75 Å². The maximum absolute atomic E-state index is 14.3. The second-order valence-electron chi connectivity index (χ2n) is 5.03. The number of ether oxygens (including phenoxy) is 1. The molecule has 1 saturated heterocycles. The number of benzene rings is 2. The van der Waals surface area contributed by atoms with Crippen LogP contribution in [-0.4, -0.2) is 23.7 Å². The quantitative estimate of drug-likeness (QED) is 0.863. The first-order chi connectivity index (χ1) is 10.7. The zero-order chi connectivity index (χ0) is 15.5.